The summed E-state index contributed by atoms with van der Waals surface area (Å²) in [6, 6.07) is 19.7. The lowest BCUT2D eigenvalue weighted by molar-refractivity contribution is 0.0969. The van der Waals surface area contributed by atoms with Crippen molar-refractivity contribution in [3.63, 3.8) is 0 Å². The van der Waals surface area contributed by atoms with Gasteiger partial charge in [0.1, 0.15) is 0 Å². The van der Waals surface area contributed by atoms with Crippen molar-refractivity contribution in [1.29, 1.82) is 0 Å². The summed E-state index contributed by atoms with van der Waals surface area (Å²) in [5.41, 5.74) is 3.68. The molecule has 1 N–H and O–H groups in total. The van der Waals surface area contributed by atoms with Crippen LogP contribution in [0.25, 0.3) is 10.8 Å². The van der Waals surface area contributed by atoms with Gasteiger partial charge >= 0.3 is 0 Å². The number of carbonyl (C=O) groups is 1. The van der Waals surface area contributed by atoms with Crippen molar-refractivity contribution in [2.45, 2.75) is 25.9 Å². The number of aliphatic hydroxyl groups is 1. The first kappa shape index (κ1) is 15.9. The van der Waals surface area contributed by atoms with Crippen molar-refractivity contribution in [1.82, 2.24) is 0 Å². The van der Waals surface area contributed by atoms with Crippen molar-refractivity contribution in [2.24, 2.45) is 0 Å². The number of aliphatic hydroxyl groups excluding tert-OH is 1. The lowest BCUT2D eigenvalue weighted by atomic mass is 10.00. The van der Waals surface area contributed by atoms with Gasteiger partial charge in [0.15, 0.2) is 0 Å². The summed E-state index contributed by atoms with van der Waals surface area (Å²) in [5, 5.41) is 12.7. The van der Waals surface area contributed by atoms with Gasteiger partial charge in [-0.15, -0.1) is 0 Å². The molecule has 3 aromatic carbocycles. The largest absolute Gasteiger partial charge is 0.387 e. The summed E-state index contributed by atoms with van der Waals surface area (Å²) >= 11 is 0. The molecule has 25 heavy (non-hydrogen) atoms. The average molecular weight is 331 g/mol. The summed E-state index contributed by atoms with van der Waals surface area (Å²) in [5.74, 6) is 0.420. The van der Waals surface area contributed by atoms with E-state index in [9.17, 15) is 9.90 Å². The zero-order valence-electron chi connectivity index (χ0n) is 14.4. The number of amides is 1. The molecule has 0 radical (unpaired) electrons. The number of carbonyl (C=O) groups excluding carboxylic acids is 1. The van der Waals surface area contributed by atoms with Crippen LogP contribution < -0.4 is 4.90 Å². The zero-order chi connectivity index (χ0) is 17.6. The van der Waals surface area contributed by atoms with E-state index < -0.39 is 6.10 Å². The molecule has 1 heterocycles. The van der Waals surface area contributed by atoms with Crippen LogP contribution in [0.4, 0.5) is 5.69 Å². The van der Waals surface area contributed by atoms with Crippen molar-refractivity contribution in [3.05, 3.63) is 77.4 Å². The molecule has 0 fully saturated rings. The number of β-amino-alcohol motifs (C(OH)–C–C–N with tert-alkyl or cyclic N) is 1. The SMILES string of the molecule is CC(C)c1ccc(C(O)CN2C(=O)c3cccc4cccc2c34)cc1. The topological polar surface area (TPSA) is 40.5 Å². The van der Waals surface area contributed by atoms with E-state index in [1.165, 1.54) is 5.56 Å². The van der Waals surface area contributed by atoms with Gasteiger partial charge in [-0.05, 0) is 34.6 Å². The minimum Gasteiger partial charge on any atom is -0.387 e. The Morgan fingerprint density at radius 2 is 1.56 bits per heavy atom. The highest BCUT2D eigenvalue weighted by atomic mass is 16.3. The Morgan fingerprint density at radius 3 is 2.24 bits per heavy atom. The standard InChI is InChI=1S/C22H21NO2/c1-14(2)15-9-11-16(12-10-15)20(24)13-23-19-8-4-6-17-5-3-7-18(21(17)19)22(23)25/h3-12,14,20,24H,13H2,1-2H3. The van der Waals surface area contributed by atoms with Crippen LogP contribution in [0.1, 0.15) is 47.4 Å². The normalized spacial score (nSPS) is 14.6. The molecule has 1 aliphatic rings. The monoisotopic (exact) mass is 331 g/mol. The predicted molar refractivity (Wildman–Crippen MR) is 101 cm³/mol. The van der Waals surface area contributed by atoms with E-state index in [1.54, 1.807) is 4.90 Å². The number of hydrogen-bond acceptors (Lipinski definition) is 2. The Labute approximate surface area is 147 Å². The average Bonchev–Trinajstić information content (AvgIpc) is 2.90. The molecular weight excluding hydrogens is 310 g/mol. The van der Waals surface area contributed by atoms with Gasteiger partial charge < -0.3 is 10.0 Å². The molecule has 1 amide bonds. The van der Waals surface area contributed by atoms with Crippen LogP contribution in [0.15, 0.2) is 60.7 Å². The van der Waals surface area contributed by atoms with Crippen molar-refractivity contribution < 1.29 is 9.90 Å². The third-order valence-electron chi connectivity index (χ3n) is 4.99. The fourth-order valence-electron chi connectivity index (χ4n) is 3.54. The molecule has 0 saturated carbocycles. The third-order valence-corrected chi connectivity index (χ3v) is 4.99. The van der Waals surface area contributed by atoms with E-state index in [4.69, 9.17) is 0 Å². The van der Waals surface area contributed by atoms with Crippen molar-refractivity contribution in [3.8, 4) is 0 Å². The summed E-state index contributed by atoms with van der Waals surface area (Å²) in [4.78, 5) is 14.5. The Bertz CT molecular complexity index is 939. The zero-order valence-corrected chi connectivity index (χ0v) is 14.4. The molecule has 1 unspecified atom stereocenters. The van der Waals surface area contributed by atoms with Crippen LogP contribution in [0, 0.1) is 0 Å². The van der Waals surface area contributed by atoms with Gasteiger partial charge in [-0.2, -0.15) is 0 Å². The van der Waals surface area contributed by atoms with E-state index in [-0.39, 0.29) is 12.5 Å². The van der Waals surface area contributed by atoms with Crippen molar-refractivity contribution in [2.75, 3.05) is 11.4 Å². The molecule has 1 aliphatic heterocycles. The van der Waals surface area contributed by atoms with Crippen LogP contribution in [-0.4, -0.2) is 17.6 Å². The van der Waals surface area contributed by atoms with Gasteiger partial charge in [0.25, 0.3) is 5.91 Å². The molecule has 0 spiro atoms. The summed E-state index contributed by atoms with van der Waals surface area (Å²) < 4.78 is 0. The molecule has 3 heteroatoms. The van der Waals surface area contributed by atoms with Crippen molar-refractivity contribution >= 4 is 22.4 Å². The van der Waals surface area contributed by atoms with E-state index in [0.29, 0.717) is 5.92 Å². The van der Waals surface area contributed by atoms with E-state index in [2.05, 4.69) is 13.8 Å². The van der Waals surface area contributed by atoms with Crippen LogP contribution in [-0.2, 0) is 0 Å². The molecule has 3 nitrogen and oxygen atoms in total. The van der Waals surface area contributed by atoms with Crippen LogP contribution in [0.2, 0.25) is 0 Å². The summed E-state index contributed by atoms with van der Waals surface area (Å²) in [6.07, 6.45) is -0.713. The minimum absolute atomic E-state index is 0.0374. The number of rotatable bonds is 4. The predicted octanol–water partition coefficient (Wildman–Crippen LogP) is 4.66. The van der Waals surface area contributed by atoms with Gasteiger partial charge in [0.05, 0.1) is 18.3 Å². The van der Waals surface area contributed by atoms with Crippen LogP contribution in [0.3, 0.4) is 0 Å². The first-order valence-corrected chi connectivity index (χ1v) is 8.68. The molecule has 0 aromatic heterocycles. The fraction of sp³-hybridized carbons (Fsp3) is 0.227. The van der Waals surface area contributed by atoms with E-state index in [1.807, 2.05) is 60.7 Å². The number of nitrogens with zero attached hydrogens (tertiary/aromatic N) is 1. The Balaban J connectivity index is 1.63. The Morgan fingerprint density at radius 1 is 0.920 bits per heavy atom. The molecule has 0 saturated heterocycles. The lowest BCUT2D eigenvalue weighted by Crippen LogP contribution is -2.31. The van der Waals surface area contributed by atoms with Gasteiger partial charge in [0, 0.05) is 10.9 Å². The van der Waals surface area contributed by atoms with Gasteiger partial charge in [-0.25, -0.2) is 0 Å². The highest BCUT2D eigenvalue weighted by Gasteiger charge is 2.31. The smallest absolute Gasteiger partial charge is 0.259 e. The maximum Gasteiger partial charge on any atom is 0.259 e. The van der Waals surface area contributed by atoms with Crippen LogP contribution >= 0.6 is 0 Å². The van der Waals surface area contributed by atoms with Gasteiger partial charge in [-0.3, -0.25) is 4.79 Å². The van der Waals surface area contributed by atoms with E-state index in [0.717, 1.165) is 27.6 Å². The summed E-state index contributed by atoms with van der Waals surface area (Å²) in [6.45, 7) is 4.55. The molecule has 3 aromatic rings. The third kappa shape index (κ3) is 2.61. The molecule has 0 bridgehead atoms. The second-order valence-corrected chi connectivity index (χ2v) is 6.93. The van der Waals surface area contributed by atoms with Gasteiger partial charge in [0.2, 0.25) is 0 Å². The number of benzene rings is 3. The highest BCUT2D eigenvalue weighted by Crippen LogP contribution is 2.38. The molecule has 126 valence electrons. The quantitative estimate of drug-likeness (QED) is 0.755. The molecule has 0 aliphatic carbocycles. The van der Waals surface area contributed by atoms with Gasteiger partial charge in [-0.1, -0.05) is 62.4 Å². The molecular formula is C22H21NO2. The number of hydrogen-bond donors (Lipinski definition) is 1. The number of anilines is 1. The fourth-order valence-corrected chi connectivity index (χ4v) is 3.54. The van der Waals surface area contributed by atoms with Crippen LogP contribution in [0.5, 0.6) is 0 Å². The maximum absolute atomic E-state index is 12.8. The first-order valence-electron chi connectivity index (χ1n) is 8.68. The second kappa shape index (κ2) is 6.01. The summed E-state index contributed by atoms with van der Waals surface area (Å²) in [7, 11) is 0. The lowest BCUT2D eigenvalue weighted by Gasteiger charge is -2.22. The Kier molecular flexibility index (Phi) is 3.81. The highest BCUT2D eigenvalue weighted by molar-refractivity contribution is 6.25. The molecule has 4 rings (SSSR count). The minimum atomic E-state index is -0.713. The molecule has 1 atom stereocenters. The van der Waals surface area contributed by atoms with E-state index >= 15 is 0 Å². The first-order chi connectivity index (χ1) is 12.1. The Hall–Kier alpha value is -2.65. The second-order valence-electron chi connectivity index (χ2n) is 6.93. The maximum atomic E-state index is 12.8.